The molecule has 3 aromatic rings. The quantitative estimate of drug-likeness (QED) is 0.375. The fourth-order valence-corrected chi connectivity index (χ4v) is 4.35. The van der Waals surface area contributed by atoms with Gasteiger partial charge in [-0.15, -0.1) is 0 Å². The third-order valence-corrected chi connectivity index (χ3v) is 6.25. The minimum Gasteiger partial charge on any atom is -0.481 e. The fraction of sp³-hybridized carbons (Fsp3) is 0.346. The number of hydrogen-bond acceptors (Lipinski definition) is 7. The van der Waals surface area contributed by atoms with E-state index < -0.39 is 18.0 Å². The maximum absolute atomic E-state index is 13.6. The summed E-state index contributed by atoms with van der Waals surface area (Å²) >= 11 is 0. The van der Waals surface area contributed by atoms with Crippen LogP contribution in [0.4, 0.5) is 5.69 Å². The predicted molar refractivity (Wildman–Crippen MR) is 135 cm³/mol. The van der Waals surface area contributed by atoms with Crippen LogP contribution >= 0.6 is 0 Å². The van der Waals surface area contributed by atoms with Gasteiger partial charge < -0.3 is 29.9 Å². The van der Waals surface area contributed by atoms with E-state index in [1.807, 2.05) is 24.3 Å². The molecule has 0 bridgehead atoms. The summed E-state index contributed by atoms with van der Waals surface area (Å²) in [6.45, 7) is 0.668. The summed E-state index contributed by atoms with van der Waals surface area (Å²) in [5, 5.41) is 12.2. The van der Waals surface area contributed by atoms with Crippen molar-refractivity contribution in [3.8, 4) is 0 Å². The van der Waals surface area contributed by atoms with E-state index >= 15 is 0 Å². The van der Waals surface area contributed by atoms with Crippen molar-refractivity contribution in [1.29, 1.82) is 0 Å². The number of hydrogen-bond donors (Lipinski definition) is 3. The molecule has 11 heteroatoms. The fourth-order valence-electron chi connectivity index (χ4n) is 4.35. The Labute approximate surface area is 213 Å². The standard InChI is InChI=1S/C26H29N5O6/c1-30-14-17-12-16(9-10-18(17)27-21(26(30)36)13-24(34)37-2)25(35)31(11-5-8-23(32)33)15-22-28-19-6-3-4-7-20(19)29-22/h3-4,6-7,9-10,12,21,27H,5,8,11,13-15H2,1-2H3,(H,28,29)(H,32,33)/t21-/m0/s1. The second-order valence-corrected chi connectivity index (χ2v) is 8.97. The maximum atomic E-state index is 13.6. The number of nitrogens with one attached hydrogen (secondary N) is 2. The van der Waals surface area contributed by atoms with Crippen molar-refractivity contribution < 1.29 is 29.0 Å². The molecule has 3 N–H and O–H groups in total. The summed E-state index contributed by atoms with van der Waals surface area (Å²) in [5.41, 5.74) is 3.40. The molecule has 1 atom stereocenters. The molecule has 0 unspecified atom stereocenters. The Balaban J connectivity index is 1.58. The number of methoxy groups -OCH3 is 1. The normalized spacial score (nSPS) is 15.0. The van der Waals surface area contributed by atoms with Crippen LogP contribution in [0.2, 0.25) is 0 Å². The molecule has 0 fully saturated rings. The van der Waals surface area contributed by atoms with E-state index in [9.17, 15) is 19.2 Å². The number of anilines is 1. The van der Waals surface area contributed by atoms with E-state index in [1.165, 1.54) is 12.0 Å². The zero-order chi connectivity index (χ0) is 26.5. The molecule has 0 radical (unpaired) electrons. The summed E-state index contributed by atoms with van der Waals surface area (Å²) in [4.78, 5) is 60.0. The van der Waals surface area contributed by atoms with Crippen molar-refractivity contribution in [2.24, 2.45) is 0 Å². The van der Waals surface area contributed by atoms with Gasteiger partial charge in [-0.3, -0.25) is 19.2 Å². The van der Waals surface area contributed by atoms with Crippen LogP contribution in [0.3, 0.4) is 0 Å². The molecule has 37 heavy (non-hydrogen) atoms. The van der Waals surface area contributed by atoms with Gasteiger partial charge >= 0.3 is 11.9 Å². The number of esters is 1. The third kappa shape index (κ3) is 6.05. The zero-order valence-electron chi connectivity index (χ0n) is 20.7. The van der Waals surface area contributed by atoms with Crippen LogP contribution in [0.25, 0.3) is 11.0 Å². The van der Waals surface area contributed by atoms with Gasteiger partial charge in [0.2, 0.25) is 5.91 Å². The summed E-state index contributed by atoms with van der Waals surface area (Å²) in [5.74, 6) is -1.37. The molecule has 0 saturated carbocycles. The van der Waals surface area contributed by atoms with E-state index in [4.69, 9.17) is 9.84 Å². The SMILES string of the molecule is COC(=O)C[C@@H]1Nc2ccc(C(=O)N(CCCC(=O)O)Cc3nc4ccccc4[nH]3)cc2CN(C)C1=O. The number of carbonyl (C=O) groups is 4. The van der Waals surface area contributed by atoms with Gasteiger partial charge in [-0.05, 0) is 42.3 Å². The van der Waals surface area contributed by atoms with Crippen molar-refractivity contribution in [2.75, 3.05) is 26.0 Å². The number of aromatic amines is 1. The highest BCUT2D eigenvalue weighted by atomic mass is 16.5. The monoisotopic (exact) mass is 507 g/mol. The number of H-pyrrole nitrogens is 1. The van der Waals surface area contributed by atoms with Crippen LogP contribution in [-0.4, -0.2) is 75.4 Å². The zero-order valence-corrected chi connectivity index (χ0v) is 20.7. The first kappa shape index (κ1) is 25.7. The van der Waals surface area contributed by atoms with Crippen LogP contribution in [0.5, 0.6) is 0 Å². The molecule has 0 saturated heterocycles. The summed E-state index contributed by atoms with van der Waals surface area (Å²) in [7, 11) is 2.91. The number of aliphatic carboxylic acids is 1. The number of nitrogens with zero attached hydrogens (tertiary/aromatic N) is 3. The van der Waals surface area contributed by atoms with Crippen molar-refractivity contribution in [1.82, 2.24) is 19.8 Å². The molecule has 11 nitrogen and oxygen atoms in total. The average molecular weight is 508 g/mol. The minimum absolute atomic E-state index is 0.0630. The number of likely N-dealkylation sites (N-methyl/N-ethyl adjacent to an activating group) is 1. The van der Waals surface area contributed by atoms with Gasteiger partial charge in [0.15, 0.2) is 0 Å². The molecule has 4 rings (SSSR count). The van der Waals surface area contributed by atoms with E-state index in [2.05, 4.69) is 15.3 Å². The molecule has 1 aromatic heterocycles. The first-order chi connectivity index (χ1) is 17.7. The van der Waals surface area contributed by atoms with Gasteiger partial charge in [0, 0.05) is 37.8 Å². The number of carbonyl (C=O) groups excluding carboxylic acids is 3. The lowest BCUT2D eigenvalue weighted by atomic mass is 10.1. The predicted octanol–water partition coefficient (Wildman–Crippen LogP) is 2.39. The number of benzene rings is 2. The van der Waals surface area contributed by atoms with Gasteiger partial charge in [-0.1, -0.05) is 12.1 Å². The van der Waals surface area contributed by atoms with Gasteiger partial charge in [-0.25, -0.2) is 4.98 Å². The van der Waals surface area contributed by atoms with Gasteiger partial charge in [0.1, 0.15) is 11.9 Å². The topological polar surface area (TPSA) is 145 Å². The summed E-state index contributed by atoms with van der Waals surface area (Å²) in [6.07, 6.45) is 0.113. The number of rotatable bonds is 9. The highest BCUT2D eigenvalue weighted by molar-refractivity contribution is 5.96. The largest absolute Gasteiger partial charge is 0.481 e. The number of amides is 2. The van der Waals surface area contributed by atoms with Crippen molar-refractivity contribution >= 4 is 40.5 Å². The lowest BCUT2D eigenvalue weighted by Crippen LogP contribution is -2.39. The van der Waals surface area contributed by atoms with Crippen LogP contribution in [0.1, 0.15) is 41.0 Å². The van der Waals surface area contributed by atoms with Crippen LogP contribution in [-0.2, 0) is 32.2 Å². The number of carboxylic acid groups (broad SMARTS) is 1. The van der Waals surface area contributed by atoms with Crippen LogP contribution in [0.15, 0.2) is 42.5 Å². The Morgan fingerprint density at radius 3 is 2.73 bits per heavy atom. The maximum Gasteiger partial charge on any atom is 0.308 e. The Kier molecular flexibility index (Phi) is 7.71. The molecule has 0 aliphatic carbocycles. The molecule has 1 aliphatic rings. The number of carboxylic acids is 1. The average Bonchev–Trinajstić information content (AvgIpc) is 3.25. The molecular weight excluding hydrogens is 478 g/mol. The van der Waals surface area contributed by atoms with Crippen LogP contribution in [0, 0.1) is 0 Å². The molecule has 1 aliphatic heterocycles. The van der Waals surface area contributed by atoms with Gasteiger partial charge in [0.05, 0.1) is 31.1 Å². The van der Waals surface area contributed by atoms with E-state index in [-0.39, 0.29) is 44.3 Å². The van der Waals surface area contributed by atoms with Gasteiger partial charge in [0.25, 0.3) is 5.91 Å². The molecule has 2 aromatic carbocycles. The molecule has 0 spiro atoms. The lowest BCUT2D eigenvalue weighted by Gasteiger charge is -2.22. The Bertz CT molecular complexity index is 1300. The molecule has 194 valence electrons. The number of fused-ring (bicyclic) bond motifs is 2. The van der Waals surface area contributed by atoms with Crippen molar-refractivity contribution in [2.45, 2.75) is 38.4 Å². The third-order valence-electron chi connectivity index (χ3n) is 6.25. The number of para-hydroxylation sites is 2. The minimum atomic E-state index is -0.929. The summed E-state index contributed by atoms with van der Waals surface area (Å²) in [6, 6.07) is 11.9. The van der Waals surface area contributed by atoms with E-state index in [1.54, 1.807) is 30.1 Å². The molecular formula is C26H29N5O6. The number of ether oxygens (including phenoxy) is 1. The summed E-state index contributed by atoms with van der Waals surface area (Å²) < 4.78 is 4.71. The second-order valence-electron chi connectivity index (χ2n) is 8.97. The Hall–Kier alpha value is -4.41. The van der Waals surface area contributed by atoms with E-state index in [0.717, 1.165) is 16.6 Å². The number of aromatic nitrogens is 2. The molecule has 2 amide bonds. The lowest BCUT2D eigenvalue weighted by molar-refractivity contribution is -0.143. The van der Waals surface area contributed by atoms with E-state index in [0.29, 0.717) is 23.5 Å². The Morgan fingerprint density at radius 2 is 2.00 bits per heavy atom. The van der Waals surface area contributed by atoms with Gasteiger partial charge in [-0.2, -0.15) is 0 Å². The first-order valence-corrected chi connectivity index (χ1v) is 11.9. The Morgan fingerprint density at radius 1 is 1.22 bits per heavy atom. The van der Waals surface area contributed by atoms with Crippen molar-refractivity contribution in [3.05, 3.63) is 59.4 Å². The molecule has 2 heterocycles. The second kappa shape index (κ2) is 11.1. The first-order valence-electron chi connectivity index (χ1n) is 11.9. The van der Waals surface area contributed by atoms with Crippen LogP contribution < -0.4 is 5.32 Å². The van der Waals surface area contributed by atoms with Crippen molar-refractivity contribution in [3.63, 3.8) is 0 Å². The number of imidazole rings is 1. The smallest absolute Gasteiger partial charge is 0.308 e. The highest BCUT2D eigenvalue weighted by Gasteiger charge is 2.30. The highest BCUT2D eigenvalue weighted by Crippen LogP contribution is 2.26.